The van der Waals surface area contributed by atoms with Crippen LogP contribution >= 0.6 is 23.7 Å². The number of phenols is 1. The van der Waals surface area contributed by atoms with Crippen LogP contribution in [0.25, 0.3) is 12.2 Å². The number of nitrogens with one attached hydrogen (secondary N) is 1. The average Bonchev–Trinajstić information content (AvgIpc) is 2.75. The molecule has 0 saturated heterocycles. The number of aromatic nitrogens is 1. The lowest BCUT2D eigenvalue weighted by Gasteiger charge is -2.03. The van der Waals surface area contributed by atoms with E-state index >= 15 is 0 Å². The van der Waals surface area contributed by atoms with Crippen LogP contribution < -0.4 is 10.1 Å². The van der Waals surface area contributed by atoms with Crippen LogP contribution in [-0.4, -0.2) is 23.7 Å². The van der Waals surface area contributed by atoms with Crippen LogP contribution in [0.2, 0.25) is 0 Å². The number of ether oxygens (including phenoxy) is 1. The maximum Gasteiger partial charge on any atom is 0.160 e. The summed E-state index contributed by atoms with van der Waals surface area (Å²) in [6.07, 6.45) is 7.40. The predicted octanol–water partition coefficient (Wildman–Crippen LogP) is 4.20. The van der Waals surface area contributed by atoms with E-state index in [-0.39, 0.29) is 18.2 Å². The molecule has 0 bridgehead atoms. The second-order valence-electron chi connectivity index (χ2n) is 4.98. The van der Waals surface area contributed by atoms with E-state index in [1.54, 1.807) is 30.6 Å². The van der Waals surface area contributed by atoms with Crippen molar-refractivity contribution >= 4 is 40.9 Å². The van der Waals surface area contributed by atoms with Gasteiger partial charge >= 0.3 is 0 Å². The molecule has 2 aromatic rings. The summed E-state index contributed by atoms with van der Waals surface area (Å²) in [5.41, 5.74) is 2.10. The third-order valence-corrected chi connectivity index (χ3v) is 4.48. The van der Waals surface area contributed by atoms with Gasteiger partial charge in [0.2, 0.25) is 0 Å². The number of methoxy groups -OCH3 is 1. The zero-order valence-electron chi connectivity index (χ0n) is 12.3. The van der Waals surface area contributed by atoms with Gasteiger partial charge in [0.1, 0.15) is 10.0 Å². The molecule has 6 heteroatoms. The van der Waals surface area contributed by atoms with E-state index in [1.165, 1.54) is 23.5 Å². The Balaban J connectivity index is 0.00000176. The molecule has 4 nitrogen and oxygen atoms in total. The fourth-order valence-corrected chi connectivity index (χ4v) is 3.29. The lowest BCUT2D eigenvalue weighted by molar-refractivity contribution is 0.373. The summed E-state index contributed by atoms with van der Waals surface area (Å²) in [6, 6.07) is 5.35. The first-order chi connectivity index (χ1) is 10.3. The first-order valence-corrected chi connectivity index (χ1v) is 7.86. The van der Waals surface area contributed by atoms with Gasteiger partial charge in [-0.3, -0.25) is 0 Å². The van der Waals surface area contributed by atoms with Gasteiger partial charge in [-0.15, -0.1) is 12.4 Å². The van der Waals surface area contributed by atoms with Gasteiger partial charge < -0.3 is 15.2 Å². The van der Waals surface area contributed by atoms with E-state index in [2.05, 4.69) is 10.3 Å². The molecular formula is C16H19ClN2O2S. The highest BCUT2D eigenvalue weighted by molar-refractivity contribution is 7.16. The lowest BCUT2D eigenvalue weighted by Crippen LogP contribution is -1.96. The summed E-state index contributed by atoms with van der Waals surface area (Å²) in [6.45, 7) is 1.03. The first kappa shape index (κ1) is 16.6. The molecular weight excluding hydrogens is 320 g/mol. The Hall–Kier alpha value is -1.72. The highest BCUT2D eigenvalue weighted by atomic mass is 35.5. The Morgan fingerprint density at radius 1 is 1.32 bits per heavy atom. The number of nitrogens with zero attached hydrogens (tertiary/aromatic N) is 1. The molecule has 0 fully saturated rings. The molecule has 0 spiro atoms. The van der Waals surface area contributed by atoms with Crippen LogP contribution in [0.15, 0.2) is 18.2 Å². The van der Waals surface area contributed by atoms with Crippen molar-refractivity contribution in [2.24, 2.45) is 0 Å². The van der Waals surface area contributed by atoms with Crippen LogP contribution in [0.3, 0.4) is 0 Å². The third-order valence-electron chi connectivity index (χ3n) is 3.46. The summed E-state index contributed by atoms with van der Waals surface area (Å²) in [5, 5.41) is 15.4. The molecule has 1 aliphatic rings. The molecule has 0 radical (unpaired) electrons. The second kappa shape index (κ2) is 7.51. The van der Waals surface area contributed by atoms with E-state index in [0.717, 1.165) is 23.5 Å². The van der Waals surface area contributed by atoms with Crippen molar-refractivity contribution in [2.75, 3.05) is 19.0 Å². The minimum Gasteiger partial charge on any atom is -0.504 e. The summed E-state index contributed by atoms with van der Waals surface area (Å²) in [4.78, 5) is 4.66. The zero-order valence-corrected chi connectivity index (χ0v) is 14.0. The summed E-state index contributed by atoms with van der Waals surface area (Å²) >= 11 is 1.68. The van der Waals surface area contributed by atoms with Crippen molar-refractivity contribution < 1.29 is 9.84 Å². The number of aromatic hydroxyl groups is 1. The quantitative estimate of drug-likeness (QED) is 0.880. The number of anilines is 1. The van der Waals surface area contributed by atoms with Gasteiger partial charge in [0.05, 0.1) is 12.8 Å². The number of hydrogen-bond acceptors (Lipinski definition) is 5. The standard InChI is InChI=1S/C16H18N2O2S.ClH/c1-20-14-7-5-11(10-13(14)19)6-8-15-18-12-4-2-3-9-17-16(12)21-15;/h5-8,10,17,19H,2-4,9H2,1H3;1H. The molecule has 1 aromatic heterocycles. The number of aryl methyl sites for hydroxylation is 1. The molecule has 118 valence electrons. The molecule has 2 N–H and O–H groups in total. The van der Waals surface area contributed by atoms with Gasteiger partial charge in [-0.2, -0.15) is 0 Å². The minimum atomic E-state index is 0. The Morgan fingerprint density at radius 3 is 2.95 bits per heavy atom. The van der Waals surface area contributed by atoms with E-state index < -0.39 is 0 Å². The molecule has 0 unspecified atom stereocenters. The number of halogens is 1. The molecule has 1 aliphatic heterocycles. The van der Waals surface area contributed by atoms with Gasteiger partial charge in [0.25, 0.3) is 0 Å². The second-order valence-corrected chi connectivity index (χ2v) is 6.01. The molecule has 22 heavy (non-hydrogen) atoms. The van der Waals surface area contributed by atoms with Crippen LogP contribution in [0.4, 0.5) is 5.00 Å². The molecule has 3 rings (SSSR count). The van der Waals surface area contributed by atoms with Crippen molar-refractivity contribution in [3.63, 3.8) is 0 Å². The largest absolute Gasteiger partial charge is 0.504 e. The smallest absolute Gasteiger partial charge is 0.160 e. The number of fused-ring (bicyclic) bond motifs is 1. The molecule has 0 saturated carbocycles. The van der Waals surface area contributed by atoms with Crippen molar-refractivity contribution in [2.45, 2.75) is 19.3 Å². The Kier molecular flexibility index (Phi) is 5.69. The first-order valence-electron chi connectivity index (χ1n) is 7.05. The highest BCUT2D eigenvalue weighted by Crippen LogP contribution is 2.30. The topological polar surface area (TPSA) is 54.4 Å². The Bertz CT molecular complexity index is 647. The number of thiazole rings is 1. The third kappa shape index (κ3) is 3.72. The molecule has 0 amide bonds. The monoisotopic (exact) mass is 338 g/mol. The van der Waals surface area contributed by atoms with Crippen LogP contribution in [0.1, 0.15) is 29.1 Å². The molecule has 0 atom stereocenters. The Labute approximate surface area is 140 Å². The van der Waals surface area contributed by atoms with Gasteiger partial charge in [-0.1, -0.05) is 23.5 Å². The van der Waals surface area contributed by atoms with E-state index in [9.17, 15) is 5.11 Å². The predicted molar refractivity (Wildman–Crippen MR) is 94.4 cm³/mol. The van der Waals surface area contributed by atoms with Gasteiger partial charge in [-0.25, -0.2) is 4.98 Å². The van der Waals surface area contributed by atoms with Crippen molar-refractivity contribution in [1.82, 2.24) is 4.98 Å². The zero-order chi connectivity index (χ0) is 14.7. The summed E-state index contributed by atoms with van der Waals surface area (Å²) in [7, 11) is 1.54. The van der Waals surface area contributed by atoms with Crippen LogP contribution in [0, 0.1) is 0 Å². The Morgan fingerprint density at radius 2 is 2.18 bits per heavy atom. The van der Waals surface area contributed by atoms with Crippen LogP contribution in [-0.2, 0) is 6.42 Å². The SMILES string of the molecule is COc1ccc(C=Cc2nc3c(s2)NCCCC3)cc1O.Cl. The molecule has 2 heterocycles. The molecule has 1 aromatic carbocycles. The fraction of sp³-hybridized carbons (Fsp3) is 0.312. The van der Waals surface area contributed by atoms with Gasteiger partial charge in [0, 0.05) is 6.54 Å². The van der Waals surface area contributed by atoms with Crippen LogP contribution in [0.5, 0.6) is 11.5 Å². The fourth-order valence-electron chi connectivity index (χ4n) is 2.35. The number of phenolic OH excluding ortho intramolecular Hbond substituents is 1. The molecule has 0 aliphatic carbocycles. The van der Waals surface area contributed by atoms with Crippen molar-refractivity contribution in [3.8, 4) is 11.5 Å². The lowest BCUT2D eigenvalue weighted by atomic mass is 10.2. The van der Waals surface area contributed by atoms with Crippen molar-refractivity contribution in [3.05, 3.63) is 34.5 Å². The van der Waals surface area contributed by atoms with E-state index in [0.29, 0.717) is 5.75 Å². The number of rotatable bonds is 3. The maximum atomic E-state index is 9.77. The highest BCUT2D eigenvalue weighted by Gasteiger charge is 2.12. The summed E-state index contributed by atoms with van der Waals surface area (Å²) < 4.78 is 5.04. The van der Waals surface area contributed by atoms with E-state index in [4.69, 9.17) is 4.74 Å². The summed E-state index contributed by atoms with van der Waals surface area (Å²) in [5.74, 6) is 0.633. The maximum absolute atomic E-state index is 9.77. The number of hydrogen-bond donors (Lipinski definition) is 2. The van der Waals surface area contributed by atoms with Crippen molar-refractivity contribution in [1.29, 1.82) is 0 Å². The van der Waals surface area contributed by atoms with Gasteiger partial charge in [-0.05, 0) is 43.0 Å². The minimum absolute atomic E-state index is 0. The number of benzene rings is 1. The van der Waals surface area contributed by atoms with E-state index in [1.807, 2.05) is 18.2 Å². The normalized spacial score (nSPS) is 13.9. The van der Waals surface area contributed by atoms with Gasteiger partial charge in [0.15, 0.2) is 11.5 Å². The average molecular weight is 339 g/mol.